The normalized spacial score (nSPS) is 14.8. The number of hydrogen-bond donors (Lipinski definition) is 1. The standard InChI is InChI=1S/C23H26N4O2/c28-22(17-27-21-7-3-2-6-20(21)24-15-23(27)29)25-14-18-8-10-19(11-9-18)16-26-12-4-1-5-13-26/h2-3,6-11,15H,1,4-5,12-14,16-17H2,(H,25,28). The van der Waals surface area contributed by atoms with Crippen molar-refractivity contribution in [3.05, 3.63) is 76.2 Å². The van der Waals surface area contributed by atoms with Gasteiger partial charge < -0.3 is 5.32 Å². The van der Waals surface area contributed by atoms with Crippen molar-refractivity contribution in [2.24, 2.45) is 0 Å². The number of hydrogen-bond acceptors (Lipinski definition) is 4. The number of nitrogens with one attached hydrogen (secondary N) is 1. The van der Waals surface area contributed by atoms with Crippen molar-refractivity contribution in [3.8, 4) is 0 Å². The molecule has 0 radical (unpaired) electrons. The van der Waals surface area contributed by atoms with Gasteiger partial charge in [-0.2, -0.15) is 0 Å². The summed E-state index contributed by atoms with van der Waals surface area (Å²) in [5.74, 6) is -0.194. The summed E-state index contributed by atoms with van der Waals surface area (Å²) in [5.41, 5.74) is 3.44. The van der Waals surface area contributed by atoms with Gasteiger partial charge in [-0.3, -0.25) is 19.1 Å². The summed E-state index contributed by atoms with van der Waals surface area (Å²) in [6, 6.07) is 15.7. The van der Waals surface area contributed by atoms with Crippen LogP contribution in [0.3, 0.4) is 0 Å². The van der Waals surface area contributed by atoms with Gasteiger partial charge in [-0.25, -0.2) is 4.98 Å². The van der Waals surface area contributed by atoms with E-state index in [2.05, 4.69) is 39.5 Å². The highest BCUT2D eigenvalue weighted by molar-refractivity contribution is 5.79. The Morgan fingerprint density at radius 1 is 0.966 bits per heavy atom. The number of benzene rings is 2. The Morgan fingerprint density at radius 3 is 2.48 bits per heavy atom. The molecule has 0 atom stereocenters. The van der Waals surface area contributed by atoms with Crippen LogP contribution in [0.5, 0.6) is 0 Å². The second kappa shape index (κ2) is 9.01. The molecule has 0 unspecified atom stereocenters. The van der Waals surface area contributed by atoms with Gasteiger partial charge in [-0.05, 0) is 49.2 Å². The molecule has 29 heavy (non-hydrogen) atoms. The molecule has 0 bridgehead atoms. The highest BCUT2D eigenvalue weighted by atomic mass is 16.2. The molecule has 0 saturated carbocycles. The molecule has 1 aliphatic rings. The minimum absolute atomic E-state index is 0.0189. The Kier molecular flexibility index (Phi) is 6.00. The molecule has 1 aromatic heterocycles. The van der Waals surface area contributed by atoms with E-state index in [1.165, 1.54) is 48.7 Å². The zero-order valence-corrected chi connectivity index (χ0v) is 16.5. The monoisotopic (exact) mass is 390 g/mol. The number of carbonyl (C=O) groups excluding carboxylic acids is 1. The molecule has 1 N–H and O–H groups in total. The smallest absolute Gasteiger partial charge is 0.269 e. The van der Waals surface area contributed by atoms with Crippen molar-refractivity contribution in [2.75, 3.05) is 13.1 Å². The molecule has 1 fully saturated rings. The summed E-state index contributed by atoms with van der Waals surface area (Å²) in [7, 11) is 0. The van der Waals surface area contributed by atoms with E-state index in [1.54, 1.807) is 6.07 Å². The average molecular weight is 390 g/mol. The Bertz CT molecular complexity index is 1040. The molecule has 6 heteroatoms. The summed E-state index contributed by atoms with van der Waals surface area (Å²) >= 11 is 0. The molecule has 1 aliphatic heterocycles. The fourth-order valence-corrected chi connectivity index (χ4v) is 3.82. The lowest BCUT2D eigenvalue weighted by Gasteiger charge is -2.26. The number of aromatic nitrogens is 2. The molecule has 1 amide bonds. The first-order valence-corrected chi connectivity index (χ1v) is 10.2. The lowest BCUT2D eigenvalue weighted by atomic mass is 10.1. The highest BCUT2D eigenvalue weighted by Gasteiger charge is 2.11. The summed E-state index contributed by atoms with van der Waals surface area (Å²) in [6.07, 6.45) is 5.19. The van der Waals surface area contributed by atoms with Gasteiger partial charge in [0.2, 0.25) is 5.91 Å². The molecule has 1 saturated heterocycles. The molecular weight excluding hydrogens is 364 g/mol. The average Bonchev–Trinajstić information content (AvgIpc) is 2.76. The van der Waals surface area contributed by atoms with Crippen molar-refractivity contribution in [3.63, 3.8) is 0 Å². The van der Waals surface area contributed by atoms with Crippen molar-refractivity contribution < 1.29 is 4.79 Å². The van der Waals surface area contributed by atoms with Crippen molar-refractivity contribution >= 4 is 16.9 Å². The molecule has 0 aliphatic carbocycles. The third-order valence-electron chi connectivity index (χ3n) is 5.42. The number of para-hydroxylation sites is 2. The van der Waals surface area contributed by atoms with Gasteiger partial charge in [0.05, 0.1) is 17.2 Å². The maximum Gasteiger partial charge on any atom is 0.269 e. The quantitative estimate of drug-likeness (QED) is 0.703. The van der Waals surface area contributed by atoms with E-state index in [0.29, 0.717) is 17.6 Å². The molecule has 2 aromatic carbocycles. The van der Waals surface area contributed by atoms with Gasteiger partial charge in [0, 0.05) is 13.1 Å². The van der Waals surface area contributed by atoms with Gasteiger partial charge in [0.25, 0.3) is 5.56 Å². The molecule has 6 nitrogen and oxygen atoms in total. The molecule has 4 rings (SSSR count). The second-order valence-electron chi connectivity index (χ2n) is 7.60. The number of piperidine rings is 1. The minimum Gasteiger partial charge on any atom is -0.350 e. The minimum atomic E-state index is -0.277. The molecule has 3 aromatic rings. The third kappa shape index (κ3) is 4.90. The van der Waals surface area contributed by atoms with Crippen LogP contribution in [0.1, 0.15) is 30.4 Å². The van der Waals surface area contributed by atoms with Gasteiger partial charge in [0.15, 0.2) is 0 Å². The number of nitrogens with zero attached hydrogens (tertiary/aromatic N) is 3. The summed E-state index contributed by atoms with van der Waals surface area (Å²) in [4.78, 5) is 31.2. The highest BCUT2D eigenvalue weighted by Crippen LogP contribution is 2.14. The number of likely N-dealkylation sites (tertiary alicyclic amines) is 1. The second-order valence-corrected chi connectivity index (χ2v) is 7.60. The lowest BCUT2D eigenvalue weighted by molar-refractivity contribution is -0.121. The van der Waals surface area contributed by atoms with Crippen LogP contribution in [0.25, 0.3) is 11.0 Å². The van der Waals surface area contributed by atoms with Gasteiger partial charge in [-0.1, -0.05) is 42.8 Å². The summed E-state index contributed by atoms with van der Waals surface area (Å²) in [5, 5.41) is 2.91. The van der Waals surface area contributed by atoms with E-state index in [0.717, 1.165) is 12.1 Å². The number of amides is 1. The van der Waals surface area contributed by atoms with Crippen LogP contribution in [0.2, 0.25) is 0 Å². The third-order valence-corrected chi connectivity index (χ3v) is 5.42. The first kappa shape index (κ1) is 19.3. The van der Waals surface area contributed by atoms with E-state index in [-0.39, 0.29) is 18.0 Å². The van der Waals surface area contributed by atoms with Crippen LogP contribution >= 0.6 is 0 Å². The SMILES string of the molecule is O=C(Cn1c(=O)cnc2ccccc21)NCc1ccc(CN2CCCCC2)cc1. The van der Waals surface area contributed by atoms with Crippen LogP contribution in [0.15, 0.2) is 59.5 Å². The van der Waals surface area contributed by atoms with E-state index < -0.39 is 0 Å². The molecular formula is C23H26N4O2. The van der Waals surface area contributed by atoms with Crippen molar-refractivity contribution in [1.29, 1.82) is 0 Å². The lowest BCUT2D eigenvalue weighted by Crippen LogP contribution is -2.32. The first-order chi connectivity index (χ1) is 14.2. The first-order valence-electron chi connectivity index (χ1n) is 10.2. The topological polar surface area (TPSA) is 67.2 Å². The van der Waals surface area contributed by atoms with Crippen LogP contribution < -0.4 is 10.9 Å². The Balaban J connectivity index is 1.34. The van der Waals surface area contributed by atoms with Crippen LogP contribution in [-0.4, -0.2) is 33.4 Å². The number of rotatable bonds is 6. The maximum absolute atomic E-state index is 12.4. The zero-order chi connectivity index (χ0) is 20.1. The fourth-order valence-electron chi connectivity index (χ4n) is 3.82. The summed E-state index contributed by atoms with van der Waals surface area (Å²) in [6.45, 7) is 3.78. The Morgan fingerprint density at radius 2 is 1.69 bits per heavy atom. The van der Waals surface area contributed by atoms with E-state index in [4.69, 9.17) is 0 Å². The maximum atomic E-state index is 12.4. The predicted molar refractivity (Wildman–Crippen MR) is 113 cm³/mol. The fraction of sp³-hybridized carbons (Fsp3) is 0.348. The van der Waals surface area contributed by atoms with Crippen molar-refractivity contribution in [1.82, 2.24) is 19.8 Å². The van der Waals surface area contributed by atoms with E-state index >= 15 is 0 Å². The van der Waals surface area contributed by atoms with Crippen LogP contribution in [0.4, 0.5) is 0 Å². The predicted octanol–water partition coefficient (Wildman–Crippen LogP) is 2.70. The van der Waals surface area contributed by atoms with Gasteiger partial charge in [-0.15, -0.1) is 0 Å². The van der Waals surface area contributed by atoms with Crippen molar-refractivity contribution in [2.45, 2.75) is 38.9 Å². The number of fused-ring (bicyclic) bond motifs is 1. The Hall–Kier alpha value is -2.99. The summed E-state index contributed by atoms with van der Waals surface area (Å²) < 4.78 is 1.46. The van der Waals surface area contributed by atoms with Crippen LogP contribution in [-0.2, 0) is 24.4 Å². The molecule has 2 heterocycles. The Labute approximate surface area is 170 Å². The van der Waals surface area contributed by atoms with E-state index in [9.17, 15) is 9.59 Å². The number of carbonyl (C=O) groups is 1. The molecule has 0 spiro atoms. The largest absolute Gasteiger partial charge is 0.350 e. The zero-order valence-electron chi connectivity index (χ0n) is 16.5. The van der Waals surface area contributed by atoms with E-state index in [1.807, 2.05) is 18.2 Å². The van der Waals surface area contributed by atoms with Gasteiger partial charge in [0.1, 0.15) is 6.54 Å². The van der Waals surface area contributed by atoms with Crippen LogP contribution in [0, 0.1) is 0 Å². The van der Waals surface area contributed by atoms with Gasteiger partial charge >= 0.3 is 0 Å². The molecule has 150 valence electrons.